The number of methoxy groups -OCH3 is 3. The number of esters is 1. The van der Waals surface area contributed by atoms with Gasteiger partial charge in [-0.1, -0.05) is 0 Å². The molecule has 170 valence electrons. The van der Waals surface area contributed by atoms with Crippen LogP contribution in [0.3, 0.4) is 0 Å². The van der Waals surface area contributed by atoms with Crippen molar-refractivity contribution in [3.8, 4) is 23.0 Å². The number of hydrogen-bond donors (Lipinski definition) is 1. The van der Waals surface area contributed by atoms with Gasteiger partial charge < -0.3 is 18.9 Å². The molecule has 0 unspecified atom stereocenters. The Morgan fingerprint density at radius 2 is 1.42 bits per heavy atom. The van der Waals surface area contributed by atoms with Crippen molar-refractivity contribution < 1.29 is 28.5 Å². The maximum Gasteiger partial charge on any atom is 0.343 e. The average Bonchev–Trinajstić information content (AvgIpc) is 2.85. The molecule has 3 aromatic rings. The van der Waals surface area contributed by atoms with Gasteiger partial charge in [-0.05, 0) is 82.2 Å². The number of nitrogens with zero attached hydrogens (tertiary/aromatic N) is 1. The Bertz CT molecular complexity index is 1160. The molecule has 0 radical (unpaired) electrons. The summed E-state index contributed by atoms with van der Waals surface area (Å²) in [6.07, 6.45) is 1.45. The zero-order valence-electron chi connectivity index (χ0n) is 18.1. The van der Waals surface area contributed by atoms with Crippen LogP contribution in [0.25, 0.3) is 0 Å². The minimum atomic E-state index is -0.551. The summed E-state index contributed by atoms with van der Waals surface area (Å²) in [7, 11) is 4.56. The van der Waals surface area contributed by atoms with Crippen molar-refractivity contribution in [3.63, 3.8) is 0 Å². The molecule has 0 spiro atoms. The summed E-state index contributed by atoms with van der Waals surface area (Å²) in [6, 6.07) is 16.5. The highest BCUT2D eigenvalue weighted by atomic mass is 79.9. The molecule has 3 aromatic carbocycles. The van der Waals surface area contributed by atoms with E-state index in [1.165, 1.54) is 13.3 Å². The van der Waals surface area contributed by atoms with E-state index in [2.05, 4.69) is 26.5 Å². The lowest BCUT2D eigenvalue weighted by molar-refractivity contribution is 0.0728. The van der Waals surface area contributed by atoms with Crippen molar-refractivity contribution in [3.05, 3.63) is 81.8 Å². The normalized spacial score (nSPS) is 10.5. The van der Waals surface area contributed by atoms with Crippen LogP contribution in [-0.2, 0) is 0 Å². The summed E-state index contributed by atoms with van der Waals surface area (Å²) >= 11 is 3.40. The first-order valence-electron chi connectivity index (χ1n) is 9.66. The predicted octanol–water partition coefficient (Wildman–Crippen LogP) is 4.46. The van der Waals surface area contributed by atoms with Gasteiger partial charge in [-0.2, -0.15) is 5.10 Å². The molecule has 0 saturated carbocycles. The first kappa shape index (κ1) is 23.8. The average molecular weight is 513 g/mol. The van der Waals surface area contributed by atoms with Gasteiger partial charge in [0.05, 0.1) is 37.6 Å². The summed E-state index contributed by atoms with van der Waals surface area (Å²) in [4.78, 5) is 24.7. The number of amides is 1. The summed E-state index contributed by atoms with van der Waals surface area (Å²) in [5.74, 6) is 0.898. The number of carbonyl (C=O) groups excluding carboxylic acids is 2. The number of rotatable bonds is 8. The van der Waals surface area contributed by atoms with Crippen LogP contribution in [0.2, 0.25) is 0 Å². The van der Waals surface area contributed by atoms with E-state index in [1.54, 1.807) is 74.9 Å². The smallest absolute Gasteiger partial charge is 0.343 e. The van der Waals surface area contributed by atoms with Crippen LogP contribution in [0.4, 0.5) is 0 Å². The van der Waals surface area contributed by atoms with E-state index in [0.717, 1.165) is 0 Å². The van der Waals surface area contributed by atoms with Gasteiger partial charge in [-0.25, -0.2) is 10.2 Å². The Morgan fingerprint density at radius 1 is 0.848 bits per heavy atom. The zero-order chi connectivity index (χ0) is 23.8. The zero-order valence-corrected chi connectivity index (χ0v) is 19.7. The molecule has 0 saturated heterocycles. The molecule has 3 rings (SSSR count). The number of hydrazone groups is 1. The van der Waals surface area contributed by atoms with Crippen molar-refractivity contribution in [2.75, 3.05) is 21.3 Å². The van der Waals surface area contributed by atoms with Crippen molar-refractivity contribution in [2.45, 2.75) is 0 Å². The van der Waals surface area contributed by atoms with Crippen LogP contribution < -0.4 is 24.4 Å². The fraction of sp³-hybridized carbons (Fsp3) is 0.125. The topological polar surface area (TPSA) is 95.5 Å². The Kier molecular flexibility index (Phi) is 8.04. The van der Waals surface area contributed by atoms with Gasteiger partial charge in [0.2, 0.25) is 0 Å². The van der Waals surface area contributed by atoms with Gasteiger partial charge in [0, 0.05) is 5.56 Å². The second-order valence-corrected chi connectivity index (χ2v) is 7.43. The highest BCUT2D eigenvalue weighted by Gasteiger charge is 2.17. The number of halogens is 1. The summed E-state index contributed by atoms with van der Waals surface area (Å²) in [5.41, 5.74) is 3.86. The van der Waals surface area contributed by atoms with Gasteiger partial charge in [0.1, 0.15) is 11.5 Å². The maximum absolute atomic E-state index is 12.5. The molecule has 1 amide bonds. The van der Waals surface area contributed by atoms with E-state index < -0.39 is 5.97 Å². The molecule has 0 aliphatic carbocycles. The SMILES string of the molecule is COc1ccc(C(=O)N/N=C\c2cc(Br)c(OC(=O)c3ccc(OC)cc3)c(OC)c2)cc1. The van der Waals surface area contributed by atoms with Crippen LogP contribution in [0.1, 0.15) is 26.3 Å². The quantitative estimate of drug-likeness (QED) is 0.207. The summed E-state index contributed by atoms with van der Waals surface area (Å²) < 4.78 is 21.5. The summed E-state index contributed by atoms with van der Waals surface area (Å²) in [6.45, 7) is 0. The van der Waals surface area contributed by atoms with Gasteiger partial charge in [0.15, 0.2) is 11.5 Å². The Hall–Kier alpha value is -3.85. The minimum absolute atomic E-state index is 0.220. The lowest BCUT2D eigenvalue weighted by Gasteiger charge is -2.12. The minimum Gasteiger partial charge on any atom is -0.497 e. The van der Waals surface area contributed by atoms with E-state index in [0.29, 0.717) is 38.4 Å². The van der Waals surface area contributed by atoms with Crippen LogP contribution in [0, 0.1) is 0 Å². The fourth-order valence-electron chi connectivity index (χ4n) is 2.76. The number of carbonyl (C=O) groups is 2. The molecular weight excluding hydrogens is 492 g/mol. The molecule has 0 aromatic heterocycles. The van der Waals surface area contributed by atoms with Gasteiger partial charge >= 0.3 is 5.97 Å². The Labute approximate surface area is 199 Å². The molecule has 0 atom stereocenters. The molecule has 0 heterocycles. The highest BCUT2D eigenvalue weighted by molar-refractivity contribution is 9.10. The molecule has 0 aliphatic heterocycles. The monoisotopic (exact) mass is 512 g/mol. The van der Waals surface area contributed by atoms with Crippen molar-refractivity contribution in [1.29, 1.82) is 0 Å². The third-order valence-electron chi connectivity index (χ3n) is 4.50. The number of hydrogen-bond acceptors (Lipinski definition) is 7. The molecule has 0 bridgehead atoms. The van der Waals surface area contributed by atoms with Gasteiger partial charge in [0.25, 0.3) is 5.91 Å². The van der Waals surface area contributed by atoms with Crippen molar-refractivity contribution in [2.24, 2.45) is 5.10 Å². The summed E-state index contributed by atoms with van der Waals surface area (Å²) in [5, 5.41) is 3.98. The fourth-order valence-corrected chi connectivity index (χ4v) is 3.31. The third-order valence-corrected chi connectivity index (χ3v) is 5.09. The number of ether oxygens (including phenoxy) is 4. The highest BCUT2D eigenvalue weighted by Crippen LogP contribution is 2.37. The van der Waals surface area contributed by atoms with E-state index in [9.17, 15) is 9.59 Å². The standard InChI is InChI=1S/C24H21BrN2O6/c1-30-18-8-4-16(5-9-18)23(28)27-26-14-15-12-20(25)22(21(13-15)32-3)33-24(29)17-6-10-19(31-2)11-7-17/h4-14H,1-3H3,(H,27,28)/b26-14-. The van der Waals surface area contributed by atoms with Crippen LogP contribution >= 0.6 is 15.9 Å². The first-order valence-corrected chi connectivity index (χ1v) is 10.5. The predicted molar refractivity (Wildman–Crippen MR) is 127 cm³/mol. The molecule has 1 N–H and O–H groups in total. The second kappa shape index (κ2) is 11.1. The first-order chi connectivity index (χ1) is 15.9. The number of benzene rings is 3. The second-order valence-electron chi connectivity index (χ2n) is 6.58. The van der Waals surface area contributed by atoms with Gasteiger partial charge in [-0.3, -0.25) is 4.79 Å². The van der Waals surface area contributed by atoms with Crippen LogP contribution in [0.5, 0.6) is 23.0 Å². The van der Waals surface area contributed by atoms with E-state index in [1.807, 2.05) is 0 Å². The Balaban J connectivity index is 1.70. The molecule has 0 fully saturated rings. The maximum atomic E-state index is 12.5. The molecule has 0 aliphatic rings. The molecular formula is C24H21BrN2O6. The number of nitrogens with one attached hydrogen (secondary N) is 1. The largest absolute Gasteiger partial charge is 0.497 e. The third kappa shape index (κ3) is 6.11. The van der Waals surface area contributed by atoms with E-state index in [-0.39, 0.29) is 11.7 Å². The molecule has 8 nitrogen and oxygen atoms in total. The van der Waals surface area contributed by atoms with Crippen molar-refractivity contribution in [1.82, 2.24) is 5.43 Å². The Morgan fingerprint density at radius 3 is 1.97 bits per heavy atom. The molecule has 33 heavy (non-hydrogen) atoms. The van der Waals surface area contributed by atoms with E-state index >= 15 is 0 Å². The van der Waals surface area contributed by atoms with Crippen LogP contribution in [-0.4, -0.2) is 39.4 Å². The van der Waals surface area contributed by atoms with Crippen LogP contribution in [0.15, 0.2) is 70.2 Å². The lowest BCUT2D eigenvalue weighted by atomic mass is 10.2. The van der Waals surface area contributed by atoms with E-state index in [4.69, 9.17) is 18.9 Å². The molecule has 9 heteroatoms. The van der Waals surface area contributed by atoms with Crippen molar-refractivity contribution >= 4 is 34.0 Å². The lowest BCUT2D eigenvalue weighted by Crippen LogP contribution is -2.17. The van der Waals surface area contributed by atoms with Gasteiger partial charge in [-0.15, -0.1) is 0 Å².